The maximum atomic E-state index is 12.5. The van der Waals surface area contributed by atoms with Crippen molar-refractivity contribution >= 4 is 23.6 Å². The number of amides is 2. The highest BCUT2D eigenvalue weighted by Gasteiger charge is 2.37. The van der Waals surface area contributed by atoms with Crippen LogP contribution in [0.2, 0.25) is 0 Å². The van der Waals surface area contributed by atoms with E-state index in [1.165, 1.54) is 0 Å². The molecule has 0 aromatic heterocycles. The third kappa shape index (κ3) is 3.81. The van der Waals surface area contributed by atoms with E-state index in [4.69, 9.17) is 9.47 Å². The van der Waals surface area contributed by atoms with Crippen molar-refractivity contribution in [3.63, 3.8) is 0 Å². The van der Waals surface area contributed by atoms with Crippen LogP contribution in [0, 0.1) is 0 Å². The van der Waals surface area contributed by atoms with Crippen molar-refractivity contribution in [2.75, 3.05) is 27.3 Å². The molecule has 1 N–H and O–H groups in total. The van der Waals surface area contributed by atoms with Gasteiger partial charge in [-0.25, -0.2) is 4.79 Å². The van der Waals surface area contributed by atoms with E-state index < -0.39 is 0 Å². The number of hydrogen-bond acceptors (Lipinski definition) is 4. The van der Waals surface area contributed by atoms with E-state index >= 15 is 0 Å². The monoisotopic (exact) mass is 353 g/mol. The van der Waals surface area contributed by atoms with Gasteiger partial charge in [0.25, 0.3) is 5.91 Å². The van der Waals surface area contributed by atoms with Crippen LogP contribution in [0.25, 0.3) is 6.08 Å². The Labute approximate surface area is 152 Å². The molecule has 0 radical (unpaired) electrons. The third-order valence-corrected chi connectivity index (χ3v) is 4.17. The van der Waals surface area contributed by atoms with E-state index in [1.807, 2.05) is 24.3 Å². The zero-order valence-electron chi connectivity index (χ0n) is 14.8. The predicted molar refractivity (Wildman–Crippen MR) is 98.0 cm³/mol. The molecule has 1 aromatic carbocycles. The first-order valence-corrected chi connectivity index (χ1v) is 8.35. The summed E-state index contributed by atoms with van der Waals surface area (Å²) < 4.78 is 12.3. The highest BCUT2D eigenvalue weighted by Crippen LogP contribution is 2.20. The second-order valence-corrected chi connectivity index (χ2v) is 5.95. The Hall–Kier alpha value is -2.99. The van der Waals surface area contributed by atoms with E-state index in [0.717, 1.165) is 11.3 Å². The first kappa shape index (κ1) is 17.8. The van der Waals surface area contributed by atoms with E-state index in [1.54, 1.807) is 49.1 Å². The smallest absolute Gasteiger partial charge is 0.454 e. The lowest BCUT2D eigenvalue weighted by molar-refractivity contribution is -0.424. The average Bonchev–Trinajstić information content (AvgIpc) is 2.66. The third-order valence-electron chi connectivity index (χ3n) is 4.17. The summed E-state index contributed by atoms with van der Waals surface area (Å²) in [5, 5.41) is 2.76. The van der Waals surface area contributed by atoms with Gasteiger partial charge in [-0.1, -0.05) is 24.3 Å². The number of carbonyl (C=O) groups is 2. The van der Waals surface area contributed by atoms with E-state index in [2.05, 4.69) is 5.32 Å². The molecule has 3 rings (SSSR count). The minimum atomic E-state index is -0.264. The molecule has 6 heteroatoms. The quantitative estimate of drug-likeness (QED) is 0.495. The second kappa shape index (κ2) is 7.93. The number of likely N-dealkylation sites (N-methyl/N-ethyl adjacent to an activating group) is 1. The van der Waals surface area contributed by atoms with Crippen LogP contribution in [-0.2, 0) is 14.3 Å². The Morgan fingerprint density at radius 1 is 1.31 bits per heavy atom. The summed E-state index contributed by atoms with van der Waals surface area (Å²) in [6.07, 6.45) is 8.97. The topological polar surface area (TPSA) is 67.6 Å². The fraction of sp³-hybridized carbons (Fsp3) is 0.250. The number of rotatable bonds is 5. The molecule has 0 spiro atoms. The first-order valence-electron chi connectivity index (χ1n) is 8.35. The van der Waals surface area contributed by atoms with Crippen molar-refractivity contribution in [1.82, 2.24) is 5.32 Å². The number of nitrogens with one attached hydrogen (secondary N) is 1. The Balaban J connectivity index is 1.75. The Morgan fingerprint density at radius 2 is 2.08 bits per heavy atom. The molecule has 1 aliphatic carbocycles. The number of nitrogens with zero attached hydrogens (tertiary/aromatic N) is 1. The molecular weight excluding hydrogens is 332 g/mol. The maximum Gasteiger partial charge on any atom is 0.454 e. The van der Waals surface area contributed by atoms with Crippen LogP contribution < -0.4 is 5.32 Å². The molecule has 2 aliphatic rings. The van der Waals surface area contributed by atoms with Gasteiger partial charge in [0.2, 0.25) is 17.6 Å². The van der Waals surface area contributed by atoms with Crippen molar-refractivity contribution in [1.29, 1.82) is 0 Å². The van der Waals surface area contributed by atoms with Crippen LogP contribution in [0.4, 0.5) is 0 Å². The van der Waals surface area contributed by atoms with Crippen LogP contribution in [0.15, 0.2) is 54.3 Å². The van der Waals surface area contributed by atoms with Gasteiger partial charge in [-0.3, -0.25) is 4.79 Å². The van der Waals surface area contributed by atoms with Gasteiger partial charge in [0.15, 0.2) is 0 Å². The molecule has 1 atom stereocenters. The molecule has 6 nitrogen and oxygen atoms in total. The number of benzene rings is 1. The van der Waals surface area contributed by atoms with Crippen LogP contribution in [-0.4, -0.2) is 55.5 Å². The average molecular weight is 353 g/mol. The van der Waals surface area contributed by atoms with Crippen LogP contribution in [0.5, 0.6) is 0 Å². The van der Waals surface area contributed by atoms with Gasteiger partial charge >= 0.3 is 5.91 Å². The summed E-state index contributed by atoms with van der Waals surface area (Å²) in [4.78, 5) is 24.5. The largest absolute Gasteiger partial charge is 0.465 e. The molecule has 2 amide bonds. The van der Waals surface area contributed by atoms with Crippen LogP contribution in [0.1, 0.15) is 15.9 Å². The lowest BCUT2D eigenvalue weighted by Gasteiger charge is -2.21. The highest BCUT2D eigenvalue weighted by atomic mass is 16.5. The highest BCUT2D eigenvalue weighted by molar-refractivity contribution is 6.05. The number of carbonyl (C=O) groups excluding carboxylic acids is 2. The van der Waals surface area contributed by atoms with Crippen molar-refractivity contribution < 1.29 is 23.6 Å². The van der Waals surface area contributed by atoms with Gasteiger partial charge in [-0.05, 0) is 29.8 Å². The SMILES string of the molecule is COCCNC(=O)c1ccc(/C=C2\OC3C=CC=CC3=[N+](C)C2=O)cc1. The Kier molecular flexibility index (Phi) is 5.43. The molecule has 1 aromatic rings. The minimum Gasteiger partial charge on any atom is -0.465 e. The van der Waals surface area contributed by atoms with Gasteiger partial charge in [0, 0.05) is 25.3 Å². The minimum absolute atomic E-state index is 0.163. The number of ether oxygens (including phenoxy) is 2. The summed E-state index contributed by atoms with van der Waals surface area (Å²) in [6.45, 7) is 0.921. The summed E-state index contributed by atoms with van der Waals surface area (Å²) in [7, 11) is 3.32. The molecule has 134 valence electrons. The normalized spacial score (nSPS) is 20.2. The fourth-order valence-corrected chi connectivity index (χ4v) is 2.73. The molecule has 0 fully saturated rings. The zero-order chi connectivity index (χ0) is 18.5. The van der Waals surface area contributed by atoms with Crippen molar-refractivity contribution in [2.45, 2.75) is 6.10 Å². The maximum absolute atomic E-state index is 12.5. The van der Waals surface area contributed by atoms with Gasteiger partial charge < -0.3 is 14.8 Å². The molecular formula is C20H21N2O4+. The van der Waals surface area contributed by atoms with Crippen LogP contribution in [0.3, 0.4) is 0 Å². The predicted octanol–water partition coefficient (Wildman–Crippen LogP) is 1.54. The molecule has 1 unspecified atom stereocenters. The lowest BCUT2D eigenvalue weighted by atomic mass is 10.1. The summed E-state index contributed by atoms with van der Waals surface area (Å²) in [5.41, 5.74) is 2.15. The van der Waals surface area contributed by atoms with E-state index in [9.17, 15) is 9.59 Å². The van der Waals surface area contributed by atoms with Crippen molar-refractivity contribution in [3.05, 3.63) is 65.5 Å². The number of hydrogen-bond donors (Lipinski definition) is 1. The van der Waals surface area contributed by atoms with Gasteiger partial charge in [0.05, 0.1) is 6.61 Å². The Morgan fingerprint density at radius 3 is 2.81 bits per heavy atom. The van der Waals surface area contributed by atoms with Crippen LogP contribution >= 0.6 is 0 Å². The second-order valence-electron chi connectivity index (χ2n) is 5.95. The summed E-state index contributed by atoms with van der Waals surface area (Å²) in [5.74, 6) is -0.0829. The van der Waals surface area contributed by atoms with Crippen molar-refractivity contribution in [2.24, 2.45) is 0 Å². The molecule has 0 saturated carbocycles. The molecule has 0 saturated heterocycles. The fourth-order valence-electron chi connectivity index (χ4n) is 2.73. The summed E-state index contributed by atoms with van der Waals surface area (Å²) in [6, 6.07) is 6.99. The van der Waals surface area contributed by atoms with Gasteiger partial charge in [-0.15, -0.1) is 0 Å². The molecule has 0 bridgehead atoms. The van der Waals surface area contributed by atoms with Crippen molar-refractivity contribution in [3.8, 4) is 0 Å². The lowest BCUT2D eigenvalue weighted by Crippen LogP contribution is -2.40. The molecule has 1 heterocycles. The first-order chi connectivity index (χ1) is 12.6. The molecule has 1 aliphatic heterocycles. The molecule has 26 heavy (non-hydrogen) atoms. The Bertz CT molecular complexity index is 832. The standard InChI is InChI=1S/C20H20N2O4/c1-22-16-5-3-4-6-17(16)26-18(20(22)24)13-14-7-9-15(10-8-14)19(23)21-11-12-25-2/h3-10,13,17H,11-12H2,1-2H3/p+1/b18-13-. The number of methoxy groups -OCH3 is 1. The summed E-state index contributed by atoms with van der Waals surface area (Å²) >= 11 is 0. The number of allylic oxidation sites excluding steroid dienone is 2. The van der Waals surface area contributed by atoms with E-state index in [-0.39, 0.29) is 23.7 Å². The van der Waals surface area contributed by atoms with Gasteiger partial charge in [0.1, 0.15) is 7.05 Å². The zero-order valence-corrected chi connectivity index (χ0v) is 14.8. The number of fused-ring (bicyclic) bond motifs is 1. The van der Waals surface area contributed by atoms with E-state index in [0.29, 0.717) is 18.7 Å². The van der Waals surface area contributed by atoms with Gasteiger partial charge in [-0.2, -0.15) is 4.58 Å².